The highest BCUT2D eigenvalue weighted by Gasteiger charge is 2.24. The first-order valence-electron chi connectivity index (χ1n) is 10.1. The standard InChI is InChI=1S/C27H15NO2/c29-26-18-8-3-4-11-22(18)28-23-13-12-17-16-7-2-1-6-15(16)14-21(17)24(23)27(30)20-10-5-9-19(26)25(20)28/h1-13H,14H2. The summed E-state index contributed by atoms with van der Waals surface area (Å²) in [5, 5.41) is 2.63. The second-order valence-electron chi connectivity index (χ2n) is 8.03. The maximum Gasteiger partial charge on any atom is 0.197 e. The highest BCUT2D eigenvalue weighted by molar-refractivity contribution is 6.09. The lowest BCUT2D eigenvalue weighted by atomic mass is 9.97. The third-order valence-electron chi connectivity index (χ3n) is 6.57. The van der Waals surface area contributed by atoms with Gasteiger partial charge in [-0.1, -0.05) is 48.5 Å². The van der Waals surface area contributed by atoms with Gasteiger partial charge in [0, 0.05) is 16.2 Å². The van der Waals surface area contributed by atoms with Crippen molar-refractivity contribution in [1.82, 2.24) is 4.40 Å². The largest absolute Gasteiger partial charge is 0.307 e. The fraction of sp³-hybridized carbons (Fsp3) is 0.0370. The highest BCUT2D eigenvalue weighted by Crippen LogP contribution is 2.40. The molecule has 0 bridgehead atoms. The summed E-state index contributed by atoms with van der Waals surface area (Å²) < 4.78 is 2.11. The second-order valence-corrected chi connectivity index (χ2v) is 8.03. The van der Waals surface area contributed by atoms with Crippen LogP contribution >= 0.6 is 0 Å². The van der Waals surface area contributed by atoms with E-state index < -0.39 is 0 Å². The fourth-order valence-electron chi connectivity index (χ4n) is 5.30. The molecule has 7 rings (SSSR count). The van der Waals surface area contributed by atoms with Crippen molar-refractivity contribution >= 4 is 38.1 Å². The van der Waals surface area contributed by atoms with Gasteiger partial charge >= 0.3 is 0 Å². The van der Waals surface area contributed by atoms with E-state index in [1.165, 1.54) is 11.1 Å². The van der Waals surface area contributed by atoms with E-state index in [0.29, 0.717) is 21.7 Å². The van der Waals surface area contributed by atoms with Gasteiger partial charge in [0.15, 0.2) is 10.9 Å². The summed E-state index contributed by atoms with van der Waals surface area (Å²) in [7, 11) is 0. The van der Waals surface area contributed by atoms with Gasteiger partial charge in [-0.3, -0.25) is 9.59 Å². The molecule has 0 radical (unpaired) electrons. The molecule has 4 aromatic carbocycles. The summed E-state index contributed by atoms with van der Waals surface area (Å²) in [4.78, 5) is 26.9. The van der Waals surface area contributed by atoms with Gasteiger partial charge in [-0.05, 0) is 59.0 Å². The van der Waals surface area contributed by atoms with Gasteiger partial charge in [-0.25, -0.2) is 0 Å². The lowest BCUT2D eigenvalue weighted by Crippen LogP contribution is -2.15. The van der Waals surface area contributed by atoms with Crippen LogP contribution in [0.4, 0.5) is 0 Å². The normalized spacial score (nSPS) is 12.8. The number of aromatic nitrogens is 1. The molecule has 0 aliphatic heterocycles. The lowest BCUT2D eigenvalue weighted by Gasteiger charge is -2.16. The quantitative estimate of drug-likeness (QED) is 0.268. The Labute approximate surface area is 170 Å². The number of hydrogen-bond acceptors (Lipinski definition) is 2. The first-order valence-corrected chi connectivity index (χ1v) is 10.1. The van der Waals surface area contributed by atoms with Crippen molar-refractivity contribution in [1.29, 1.82) is 0 Å². The molecule has 0 spiro atoms. The second kappa shape index (κ2) is 5.33. The van der Waals surface area contributed by atoms with Gasteiger partial charge in [0.1, 0.15) is 0 Å². The van der Waals surface area contributed by atoms with Crippen LogP contribution in [0.3, 0.4) is 0 Å². The summed E-state index contributed by atoms with van der Waals surface area (Å²) >= 11 is 0. The molecule has 6 aromatic rings. The summed E-state index contributed by atoms with van der Waals surface area (Å²) in [5.41, 5.74) is 7.09. The van der Waals surface area contributed by atoms with Crippen molar-refractivity contribution < 1.29 is 0 Å². The van der Waals surface area contributed by atoms with E-state index in [1.807, 2.05) is 60.7 Å². The number of nitrogens with zero attached hydrogens (tertiary/aromatic N) is 1. The summed E-state index contributed by atoms with van der Waals surface area (Å²) in [5.74, 6) is 0. The minimum atomic E-state index is -0.0245. The molecule has 1 aliphatic rings. The topological polar surface area (TPSA) is 38.5 Å². The molecule has 30 heavy (non-hydrogen) atoms. The Kier molecular flexibility index (Phi) is 2.82. The van der Waals surface area contributed by atoms with Gasteiger partial charge in [-0.2, -0.15) is 0 Å². The molecular formula is C27H15NO2. The Bertz CT molecular complexity index is 1810. The molecule has 3 heteroatoms. The molecule has 0 saturated carbocycles. The van der Waals surface area contributed by atoms with Crippen molar-refractivity contribution in [3.05, 3.63) is 110 Å². The van der Waals surface area contributed by atoms with Crippen LogP contribution in [0.25, 0.3) is 49.2 Å². The Hall–Kier alpha value is -3.98. The molecule has 0 unspecified atom stereocenters. The van der Waals surface area contributed by atoms with Crippen molar-refractivity contribution in [2.24, 2.45) is 0 Å². The Morgan fingerprint density at radius 1 is 0.600 bits per heavy atom. The number of fused-ring (bicyclic) bond motifs is 8. The van der Waals surface area contributed by atoms with Crippen LogP contribution in [0.5, 0.6) is 0 Å². The predicted molar refractivity (Wildman–Crippen MR) is 122 cm³/mol. The number of hydrogen-bond donors (Lipinski definition) is 0. The van der Waals surface area contributed by atoms with Gasteiger partial charge in [0.2, 0.25) is 0 Å². The molecule has 2 aromatic heterocycles. The van der Waals surface area contributed by atoms with Crippen LogP contribution in [0.1, 0.15) is 11.1 Å². The molecule has 0 amide bonds. The molecule has 0 fully saturated rings. The van der Waals surface area contributed by atoms with Gasteiger partial charge in [0.25, 0.3) is 0 Å². The average molecular weight is 385 g/mol. The van der Waals surface area contributed by atoms with E-state index in [9.17, 15) is 9.59 Å². The van der Waals surface area contributed by atoms with Crippen LogP contribution < -0.4 is 10.9 Å². The zero-order valence-corrected chi connectivity index (χ0v) is 16.0. The lowest BCUT2D eigenvalue weighted by molar-refractivity contribution is 1.26. The smallest absolute Gasteiger partial charge is 0.197 e. The van der Waals surface area contributed by atoms with Crippen molar-refractivity contribution in [3.63, 3.8) is 0 Å². The molecule has 0 N–H and O–H groups in total. The van der Waals surface area contributed by atoms with E-state index >= 15 is 0 Å². The molecule has 2 heterocycles. The third-order valence-corrected chi connectivity index (χ3v) is 6.57. The summed E-state index contributed by atoms with van der Waals surface area (Å²) in [6, 6.07) is 25.7. The average Bonchev–Trinajstić information content (AvgIpc) is 3.17. The first kappa shape index (κ1) is 15.9. The van der Waals surface area contributed by atoms with Gasteiger partial charge in [-0.15, -0.1) is 0 Å². The number of benzene rings is 4. The van der Waals surface area contributed by atoms with Crippen molar-refractivity contribution in [3.8, 4) is 11.1 Å². The van der Waals surface area contributed by atoms with E-state index in [2.05, 4.69) is 22.6 Å². The third kappa shape index (κ3) is 1.76. The Morgan fingerprint density at radius 2 is 1.33 bits per heavy atom. The van der Waals surface area contributed by atoms with Crippen LogP contribution in [0.2, 0.25) is 0 Å². The van der Waals surface area contributed by atoms with E-state index in [-0.39, 0.29) is 10.9 Å². The molecule has 140 valence electrons. The maximum atomic E-state index is 13.7. The molecular weight excluding hydrogens is 370 g/mol. The zero-order valence-electron chi connectivity index (χ0n) is 16.0. The van der Waals surface area contributed by atoms with Crippen LogP contribution in [0, 0.1) is 0 Å². The number of pyridine rings is 2. The Balaban J connectivity index is 1.82. The Morgan fingerprint density at radius 3 is 2.23 bits per heavy atom. The molecule has 1 aliphatic carbocycles. The molecule has 0 saturated heterocycles. The predicted octanol–water partition coefficient (Wildman–Crippen LogP) is 5.13. The number of para-hydroxylation sites is 2. The van der Waals surface area contributed by atoms with Crippen LogP contribution in [-0.4, -0.2) is 4.40 Å². The zero-order chi connectivity index (χ0) is 20.0. The van der Waals surface area contributed by atoms with Gasteiger partial charge in [0.05, 0.1) is 21.9 Å². The van der Waals surface area contributed by atoms with E-state index in [1.54, 1.807) is 0 Å². The highest BCUT2D eigenvalue weighted by atomic mass is 16.1. The first-order chi connectivity index (χ1) is 14.7. The minimum absolute atomic E-state index is 0.00920. The number of rotatable bonds is 0. The fourth-order valence-corrected chi connectivity index (χ4v) is 5.30. The summed E-state index contributed by atoms with van der Waals surface area (Å²) in [6.45, 7) is 0. The molecule has 0 atom stereocenters. The monoisotopic (exact) mass is 385 g/mol. The van der Waals surface area contributed by atoms with E-state index in [4.69, 9.17) is 0 Å². The minimum Gasteiger partial charge on any atom is -0.307 e. The maximum absolute atomic E-state index is 13.7. The van der Waals surface area contributed by atoms with Crippen molar-refractivity contribution in [2.75, 3.05) is 0 Å². The van der Waals surface area contributed by atoms with E-state index in [0.717, 1.165) is 34.0 Å². The van der Waals surface area contributed by atoms with Crippen LogP contribution in [0.15, 0.2) is 88.5 Å². The van der Waals surface area contributed by atoms with Gasteiger partial charge < -0.3 is 4.40 Å². The van der Waals surface area contributed by atoms with Crippen LogP contribution in [-0.2, 0) is 6.42 Å². The molecule has 3 nitrogen and oxygen atoms in total. The van der Waals surface area contributed by atoms with Crippen molar-refractivity contribution in [2.45, 2.75) is 6.42 Å². The SMILES string of the molecule is O=c1c2ccccc2n2c3ccc4c(c3c(=O)c3cccc1c32)Cc1ccccc1-4. The summed E-state index contributed by atoms with van der Waals surface area (Å²) in [6.07, 6.45) is 0.754.